The molecule has 4 rings (SSSR count). The standard InChI is InChI=1S/C21H20ClN7O3/c1-3-31-11-17(20(30)28-18-7-6-14(22)9-24-18)32-21-15-10-27-29(19(15)25-12-26-21)16-5-4-8-23-13(16)2/h4-10,12,17H,3,11H2,1-2H3,(H,24,28,30)/t17-/m0/s1. The number of amides is 1. The second-order valence-electron chi connectivity index (χ2n) is 6.70. The molecule has 0 aliphatic carbocycles. The van der Waals surface area contributed by atoms with E-state index >= 15 is 0 Å². The third kappa shape index (κ3) is 4.66. The maximum absolute atomic E-state index is 12.9. The van der Waals surface area contributed by atoms with Crippen molar-refractivity contribution in [1.82, 2.24) is 29.7 Å². The quantitative estimate of drug-likeness (QED) is 0.432. The molecule has 11 heteroatoms. The average molecular weight is 454 g/mol. The lowest BCUT2D eigenvalue weighted by molar-refractivity contribution is -0.125. The molecule has 0 aromatic carbocycles. The van der Waals surface area contributed by atoms with Crippen LogP contribution < -0.4 is 10.1 Å². The lowest BCUT2D eigenvalue weighted by Crippen LogP contribution is -2.37. The molecule has 0 unspecified atom stereocenters. The molecule has 1 amide bonds. The van der Waals surface area contributed by atoms with Crippen LogP contribution in [0.1, 0.15) is 12.6 Å². The fourth-order valence-electron chi connectivity index (χ4n) is 2.97. The van der Waals surface area contributed by atoms with Crippen LogP contribution in [-0.2, 0) is 9.53 Å². The van der Waals surface area contributed by atoms with Crippen LogP contribution in [0.2, 0.25) is 5.02 Å². The Labute approximate surface area is 188 Å². The highest BCUT2D eigenvalue weighted by atomic mass is 35.5. The van der Waals surface area contributed by atoms with Crippen molar-refractivity contribution in [3.8, 4) is 11.6 Å². The molecule has 0 radical (unpaired) electrons. The first-order valence-corrected chi connectivity index (χ1v) is 10.2. The minimum Gasteiger partial charge on any atom is -0.461 e. The van der Waals surface area contributed by atoms with E-state index in [4.69, 9.17) is 21.1 Å². The maximum Gasteiger partial charge on any atom is 0.269 e. The Hall–Kier alpha value is -3.63. The molecule has 0 aliphatic rings. The Kier molecular flexibility index (Phi) is 6.52. The highest BCUT2D eigenvalue weighted by molar-refractivity contribution is 6.30. The lowest BCUT2D eigenvalue weighted by atomic mass is 10.3. The largest absolute Gasteiger partial charge is 0.461 e. The molecule has 4 aromatic rings. The van der Waals surface area contributed by atoms with Gasteiger partial charge in [-0.15, -0.1) is 0 Å². The van der Waals surface area contributed by atoms with Crippen molar-refractivity contribution in [3.63, 3.8) is 0 Å². The molecular formula is C21H20ClN7O3. The van der Waals surface area contributed by atoms with Gasteiger partial charge in [-0.2, -0.15) is 5.10 Å². The summed E-state index contributed by atoms with van der Waals surface area (Å²) in [7, 11) is 0. The predicted octanol–water partition coefficient (Wildman–Crippen LogP) is 2.99. The molecule has 32 heavy (non-hydrogen) atoms. The first-order valence-electron chi connectivity index (χ1n) is 9.84. The van der Waals surface area contributed by atoms with E-state index in [2.05, 4.69) is 30.4 Å². The summed E-state index contributed by atoms with van der Waals surface area (Å²) in [5.41, 5.74) is 2.10. The van der Waals surface area contributed by atoms with Crippen LogP contribution in [0.4, 0.5) is 5.82 Å². The van der Waals surface area contributed by atoms with Crippen molar-refractivity contribution in [2.45, 2.75) is 20.0 Å². The van der Waals surface area contributed by atoms with Crippen LogP contribution in [0.5, 0.6) is 5.88 Å². The second kappa shape index (κ2) is 9.67. The number of halogens is 1. The number of ether oxygens (including phenoxy) is 2. The molecule has 0 saturated carbocycles. The third-order valence-corrected chi connectivity index (χ3v) is 4.76. The van der Waals surface area contributed by atoms with Gasteiger partial charge in [0.25, 0.3) is 5.91 Å². The lowest BCUT2D eigenvalue weighted by Gasteiger charge is -2.18. The minimum atomic E-state index is -0.978. The topological polar surface area (TPSA) is 117 Å². The Bertz CT molecular complexity index is 1230. The summed E-state index contributed by atoms with van der Waals surface area (Å²) < 4.78 is 13.1. The fourth-order valence-corrected chi connectivity index (χ4v) is 3.08. The van der Waals surface area contributed by atoms with E-state index in [1.54, 1.807) is 29.2 Å². The van der Waals surface area contributed by atoms with Crippen molar-refractivity contribution in [2.75, 3.05) is 18.5 Å². The van der Waals surface area contributed by atoms with E-state index in [0.29, 0.717) is 28.5 Å². The molecule has 4 aromatic heterocycles. The van der Waals surface area contributed by atoms with Gasteiger partial charge >= 0.3 is 0 Å². The smallest absolute Gasteiger partial charge is 0.269 e. The van der Waals surface area contributed by atoms with E-state index in [9.17, 15) is 4.79 Å². The predicted molar refractivity (Wildman–Crippen MR) is 118 cm³/mol. The first-order chi connectivity index (χ1) is 15.6. The number of nitrogens with zero attached hydrogens (tertiary/aromatic N) is 6. The van der Waals surface area contributed by atoms with Crippen LogP contribution in [0, 0.1) is 6.92 Å². The van der Waals surface area contributed by atoms with Crippen molar-refractivity contribution in [3.05, 3.63) is 59.9 Å². The molecule has 10 nitrogen and oxygen atoms in total. The van der Waals surface area contributed by atoms with Gasteiger partial charge in [-0.05, 0) is 38.1 Å². The van der Waals surface area contributed by atoms with Gasteiger partial charge in [0.15, 0.2) is 5.65 Å². The molecule has 0 fully saturated rings. The van der Waals surface area contributed by atoms with E-state index in [0.717, 1.165) is 11.4 Å². The second-order valence-corrected chi connectivity index (χ2v) is 7.13. The summed E-state index contributed by atoms with van der Waals surface area (Å²) in [5, 5.41) is 8.13. The Morgan fingerprint density at radius 3 is 2.81 bits per heavy atom. The van der Waals surface area contributed by atoms with E-state index in [1.807, 2.05) is 26.0 Å². The van der Waals surface area contributed by atoms with Crippen molar-refractivity contribution in [1.29, 1.82) is 0 Å². The number of aryl methyl sites for hydroxylation is 1. The zero-order valence-electron chi connectivity index (χ0n) is 17.4. The number of hydrogen-bond acceptors (Lipinski definition) is 8. The fraction of sp³-hybridized carbons (Fsp3) is 0.238. The van der Waals surface area contributed by atoms with E-state index in [1.165, 1.54) is 12.5 Å². The molecule has 0 bridgehead atoms. The van der Waals surface area contributed by atoms with Gasteiger partial charge in [0, 0.05) is 19.0 Å². The number of rotatable bonds is 8. The number of hydrogen-bond donors (Lipinski definition) is 1. The van der Waals surface area contributed by atoms with E-state index < -0.39 is 12.0 Å². The highest BCUT2D eigenvalue weighted by Crippen LogP contribution is 2.25. The summed E-state index contributed by atoms with van der Waals surface area (Å²) >= 11 is 5.85. The van der Waals surface area contributed by atoms with Crippen LogP contribution in [0.25, 0.3) is 16.7 Å². The van der Waals surface area contributed by atoms with Crippen molar-refractivity contribution < 1.29 is 14.3 Å². The Morgan fingerprint density at radius 2 is 2.06 bits per heavy atom. The number of carbonyl (C=O) groups excluding carboxylic acids is 1. The van der Waals surface area contributed by atoms with Gasteiger partial charge in [-0.1, -0.05) is 11.6 Å². The Balaban J connectivity index is 1.62. The van der Waals surface area contributed by atoms with Gasteiger partial charge in [0.1, 0.15) is 17.5 Å². The third-order valence-electron chi connectivity index (χ3n) is 4.53. The zero-order chi connectivity index (χ0) is 22.5. The first kappa shape index (κ1) is 21.6. The van der Waals surface area contributed by atoms with Crippen LogP contribution in [0.3, 0.4) is 0 Å². The number of nitrogens with one attached hydrogen (secondary N) is 1. The molecule has 0 aliphatic heterocycles. The Morgan fingerprint density at radius 1 is 1.19 bits per heavy atom. The minimum absolute atomic E-state index is 0.0251. The summed E-state index contributed by atoms with van der Waals surface area (Å²) in [4.78, 5) is 29.8. The molecule has 4 heterocycles. The van der Waals surface area contributed by atoms with Crippen LogP contribution in [-0.4, -0.2) is 54.9 Å². The summed E-state index contributed by atoms with van der Waals surface area (Å²) in [6.45, 7) is 4.16. The molecule has 1 atom stereocenters. The van der Waals surface area contributed by atoms with Gasteiger partial charge in [0.05, 0.1) is 29.2 Å². The van der Waals surface area contributed by atoms with Gasteiger partial charge in [0.2, 0.25) is 12.0 Å². The van der Waals surface area contributed by atoms with Crippen molar-refractivity contribution in [2.24, 2.45) is 0 Å². The molecule has 0 saturated heterocycles. The summed E-state index contributed by atoms with van der Waals surface area (Å²) in [5.74, 6) is 0.124. The SMILES string of the molecule is CCOC[C@H](Oc1ncnc2c1cnn2-c1cccnc1C)C(=O)Nc1ccc(Cl)cn1. The highest BCUT2D eigenvalue weighted by Gasteiger charge is 2.24. The molecule has 164 valence electrons. The van der Waals surface area contributed by atoms with Gasteiger partial charge < -0.3 is 14.8 Å². The average Bonchev–Trinajstić information content (AvgIpc) is 3.23. The zero-order valence-corrected chi connectivity index (χ0v) is 18.2. The summed E-state index contributed by atoms with van der Waals surface area (Å²) in [6.07, 6.45) is 5.12. The van der Waals surface area contributed by atoms with Crippen LogP contribution in [0.15, 0.2) is 49.2 Å². The number of anilines is 1. The maximum atomic E-state index is 12.9. The monoisotopic (exact) mass is 453 g/mol. The molecule has 0 spiro atoms. The molecule has 1 N–H and O–H groups in total. The van der Waals surface area contributed by atoms with E-state index in [-0.39, 0.29) is 12.5 Å². The van der Waals surface area contributed by atoms with Crippen LogP contribution >= 0.6 is 11.6 Å². The summed E-state index contributed by atoms with van der Waals surface area (Å²) in [6, 6.07) is 6.94. The normalized spacial score (nSPS) is 12.0. The number of pyridine rings is 2. The van der Waals surface area contributed by atoms with Gasteiger partial charge in [-0.25, -0.2) is 19.6 Å². The van der Waals surface area contributed by atoms with Crippen molar-refractivity contribution >= 4 is 34.4 Å². The van der Waals surface area contributed by atoms with Gasteiger partial charge in [-0.3, -0.25) is 9.78 Å². The number of aromatic nitrogens is 6. The number of fused-ring (bicyclic) bond motifs is 1. The molecular weight excluding hydrogens is 434 g/mol. The number of carbonyl (C=O) groups is 1.